The van der Waals surface area contributed by atoms with Gasteiger partial charge in [0, 0.05) is 17.3 Å². The van der Waals surface area contributed by atoms with Crippen LogP contribution in [-0.4, -0.2) is 31.7 Å². The number of hydrogen-bond acceptors (Lipinski definition) is 4. The Morgan fingerprint density at radius 1 is 1.04 bits per heavy atom. The summed E-state index contributed by atoms with van der Waals surface area (Å²) in [4.78, 5) is 12.9. The zero-order valence-electron chi connectivity index (χ0n) is 16.0. The molecule has 0 heterocycles. The molecular formula is C21H30N2O3. The second-order valence-electron chi connectivity index (χ2n) is 8.62. The van der Waals surface area contributed by atoms with Crippen molar-refractivity contribution < 1.29 is 14.3 Å². The zero-order chi connectivity index (χ0) is 18.3. The minimum Gasteiger partial charge on any atom is -0.493 e. The van der Waals surface area contributed by atoms with Gasteiger partial charge in [-0.25, -0.2) is 0 Å². The van der Waals surface area contributed by atoms with Crippen LogP contribution in [0.2, 0.25) is 0 Å². The monoisotopic (exact) mass is 358 g/mol. The van der Waals surface area contributed by atoms with E-state index in [0.717, 1.165) is 23.4 Å². The highest BCUT2D eigenvalue weighted by molar-refractivity contribution is 5.85. The molecule has 5 rings (SSSR count). The lowest BCUT2D eigenvalue weighted by Gasteiger charge is -2.57. The van der Waals surface area contributed by atoms with Crippen molar-refractivity contribution in [3.63, 3.8) is 0 Å². The highest BCUT2D eigenvalue weighted by Crippen LogP contribution is 2.55. The molecule has 0 aliphatic heterocycles. The van der Waals surface area contributed by atoms with Crippen molar-refractivity contribution in [2.45, 2.75) is 57.0 Å². The quantitative estimate of drug-likeness (QED) is 0.816. The van der Waals surface area contributed by atoms with Gasteiger partial charge >= 0.3 is 0 Å². The summed E-state index contributed by atoms with van der Waals surface area (Å²) in [6, 6.07) is 5.34. The molecule has 26 heavy (non-hydrogen) atoms. The van der Waals surface area contributed by atoms with Crippen LogP contribution in [0.3, 0.4) is 0 Å². The van der Waals surface area contributed by atoms with E-state index in [9.17, 15) is 4.79 Å². The Morgan fingerprint density at radius 2 is 1.62 bits per heavy atom. The fraction of sp³-hybridized carbons (Fsp3) is 0.667. The molecular weight excluding hydrogens is 328 g/mol. The Bertz CT molecular complexity index is 653. The van der Waals surface area contributed by atoms with E-state index < -0.39 is 0 Å². The van der Waals surface area contributed by atoms with Gasteiger partial charge in [-0.1, -0.05) is 0 Å². The predicted molar refractivity (Wildman–Crippen MR) is 102 cm³/mol. The minimum absolute atomic E-state index is 0.0549. The van der Waals surface area contributed by atoms with Gasteiger partial charge in [-0.05, 0) is 75.3 Å². The summed E-state index contributed by atoms with van der Waals surface area (Å²) in [6.07, 6.45) is 7.67. The summed E-state index contributed by atoms with van der Waals surface area (Å²) in [5.74, 6) is 3.93. The summed E-state index contributed by atoms with van der Waals surface area (Å²) in [5, 5.41) is 6.74. The molecule has 5 heteroatoms. The Kier molecular flexibility index (Phi) is 4.49. The molecule has 0 unspecified atom stereocenters. The van der Waals surface area contributed by atoms with Crippen LogP contribution in [0, 0.1) is 17.8 Å². The van der Waals surface area contributed by atoms with Gasteiger partial charge in [0.15, 0.2) is 11.5 Å². The number of nitrogens with one attached hydrogen (secondary N) is 2. The van der Waals surface area contributed by atoms with Crippen molar-refractivity contribution >= 4 is 11.6 Å². The van der Waals surface area contributed by atoms with Crippen LogP contribution in [0.1, 0.15) is 45.4 Å². The maximum atomic E-state index is 12.9. The number of rotatable bonds is 6. The number of benzene rings is 1. The van der Waals surface area contributed by atoms with Crippen LogP contribution in [0.25, 0.3) is 0 Å². The van der Waals surface area contributed by atoms with Crippen molar-refractivity contribution in [1.29, 1.82) is 0 Å². The summed E-state index contributed by atoms with van der Waals surface area (Å²) >= 11 is 0. The van der Waals surface area contributed by atoms with E-state index in [1.807, 2.05) is 25.1 Å². The third-order valence-electron chi connectivity index (χ3n) is 6.59. The average Bonchev–Trinajstić information content (AvgIpc) is 2.59. The Labute approximate surface area is 155 Å². The lowest BCUT2D eigenvalue weighted by molar-refractivity contribution is -0.127. The molecule has 5 nitrogen and oxygen atoms in total. The maximum absolute atomic E-state index is 12.9. The summed E-state index contributed by atoms with van der Waals surface area (Å²) < 4.78 is 10.6. The molecule has 1 aromatic carbocycles. The first kappa shape index (κ1) is 17.5. The number of methoxy groups -OCH3 is 2. The van der Waals surface area contributed by atoms with Gasteiger partial charge in [0.2, 0.25) is 5.91 Å². The van der Waals surface area contributed by atoms with Gasteiger partial charge in [-0.15, -0.1) is 0 Å². The second kappa shape index (κ2) is 6.67. The summed E-state index contributed by atoms with van der Waals surface area (Å²) in [5.41, 5.74) is 0.912. The number of amides is 1. The highest BCUT2D eigenvalue weighted by Gasteiger charge is 2.51. The van der Waals surface area contributed by atoms with Crippen molar-refractivity contribution in [3.05, 3.63) is 18.2 Å². The Balaban J connectivity index is 1.41. The molecule has 1 aromatic rings. The maximum Gasteiger partial charge on any atom is 0.242 e. The van der Waals surface area contributed by atoms with E-state index in [0.29, 0.717) is 11.5 Å². The second-order valence-corrected chi connectivity index (χ2v) is 8.62. The molecule has 1 amide bonds. The van der Waals surface area contributed by atoms with Gasteiger partial charge in [-0.2, -0.15) is 0 Å². The van der Waals surface area contributed by atoms with Crippen molar-refractivity contribution in [1.82, 2.24) is 5.32 Å². The molecule has 4 bridgehead atoms. The zero-order valence-corrected chi connectivity index (χ0v) is 16.0. The first-order valence-corrected chi connectivity index (χ1v) is 9.81. The van der Waals surface area contributed by atoms with E-state index in [-0.39, 0.29) is 17.5 Å². The van der Waals surface area contributed by atoms with Gasteiger partial charge in [-0.3, -0.25) is 4.79 Å². The average molecular weight is 358 g/mol. The SMILES string of the molecule is COc1ccc(N[C@@H](C)C(=O)NC23CC4CC(CC(C4)C2)C3)cc1OC. The predicted octanol–water partition coefficient (Wildman–Crippen LogP) is 3.59. The molecule has 4 fully saturated rings. The minimum atomic E-state index is -0.291. The molecule has 0 saturated heterocycles. The van der Waals surface area contributed by atoms with Gasteiger partial charge in [0.05, 0.1) is 14.2 Å². The van der Waals surface area contributed by atoms with Crippen LogP contribution < -0.4 is 20.1 Å². The summed E-state index contributed by atoms with van der Waals surface area (Å²) in [7, 11) is 3.23. The number of carbonyl (C=O) groups excluding carboxylic acids is 1. The van der Waals surface area contributed by atoms with Gasteiger partial charge < -0.3 is 20.1 Å². The molecule has 2 N–H and O–H groups in total. The van der Waals surface area contributed by atoms with Crippen LogP contribution in [0.4, 0.5) is 5.69 Å². The van der Waals surface area contributed by atoms with Crippen LogP contribution in [0.5, 0.6) is 11.5 Å². The molecule has 4 aliphatic carbocycles. The van der Waals surface area contributed by atoms with Gasteiger partial charge in [0.1, 0.15) is 6.04 Å². The fourth-order valence-corrected chi connectivity index (χ4v) is 5.87. The van der Waals surface area contributed by atoms with Crippen LogP contribution >= 0.6 is 0 Å². The summed E-state index contributed by atoms with van der Waals surface area (Å²) in [6.45, 7) is 1.92. The normalized spacial score (nSPS) is 32.8. The van der Waals surface area contributed by atoms with Crippen molar-refractivity contribution in [3.8, 4) is 11.5 Å². The first-order chi connectivity index (χ1) is 12.5. The van der Waals surface area contributed by atoms with Crippen molar-refractivity contribution in [2.75, 3.05) is 19.5 Å². The lowest BCUT2D eigenvalue weighted by Crippen LogP contribution is -2.61. The van der Waals surface area contributed by atoms with Crippen LogP contribution in [-0.2, 0) is 4.79 Å². The van der Waals surface area contributed by atoms with E-state index in [1.54, 1.807) is 14.2 Å². The lowest BCUT2D eigenvalue weighted by atomic mass is 9.53. The van der Waals surface area contributed by atoms with Crippen molar-refractivity contribution in [2.24, 2.45) is 17.8 Å². The highest BCUT2D eigenvalue weighted by atomic mass is 16.5. The molecule has 4 aliphatic rings. The Morgan fingerprint density at radius 3 is 2.15 bits per heavy atom. The largest absolute Gasteiger partial charge is 0.493 e. The van der Waals surface area contributed by atoms with E-state index in [4.69, 9.17) is 9.47 Å². The molecule has 0 radical (unpaired) electrons. The van der Waals surface area contributed by atoms with E-state index >= 15 is 0 Å². The third kappa shape index (κ3) is 3.24. The Hall–Kier alpha value is -1.91. The number of anilines is 1. The molecule has 142 valence electrons. The van der Waals surface area contributed by atoms with Gasteiger partial charge in [0.25, 0.3) is 0 Å². The number of carbonyl (C=O) groups is 1. The third-order valence-corrected chi connectivity index (χ3v) is 6.59. The topological polar surface area (TPSA) is 59.6 Å². The van der Waals surface area contributed by atoms with E-state index in [1.165, 1.54) is 38.5 Å². The smallest absolute Gasteiger partial charge is 0.242 e. The van der Waals surface area contributed by atoms with E-state index in [2.05, 4.69) is 10.6 Å². The molecule has 4 saturated carbocycles. The number of ether oxygens (including phenoxy) is 2. The molecule has 0 spiro atoms. The molecule has 0 aromatic heterocycles. The number of hydrogen-bond donors (Lipinski definition) is 2. The standard InChI is InChI=1S/C21H30N2O3/c1-13(22-17-4-5-18(25-2)19(9-17)26-3)20(24)23-21-10-14-6-15(11-21)8-16(7-14)12-21/h4-5,9,13-16,22H,6-8,10-12H2,1-3H3,(H,23,24)/t13-,14?,15?,16?,21?/m0/s1. The molecule has 1 atom stereocenters. The van der Waals surface area contributed by atoms with Crippen LogP contribution in [0.15, 0.2) is 18.2 Å². The fourth-order valence-electron chi connectivity index (χ4n) is 5.87. The first-order valence-electron chi connectivity index (χ1n) is 9.81.